The van der Waals surface area contributed by atoms with E-state index in [-0.39, 0.29) is 16.1 Å². The monoisotopic (exact) mass is 513 g/mol. The Labute approximate surface area is 206 Å². The second-order valence-electron chi connectivity index (χ2n) is 7.28. The zero-order valence-corrected chi connectivity index (χ0v) is 20.6. The van der Waals surface area contributed by atoms with Gasteiger partial charge >= 0.3 is 0 Å². The van der Waals surface area contributed by atoms with Crippen molar-refractivity contribution >= 4 is 49.7 Å². The molecule has 0 fully saturated rings. The van der Waals surface area contributed by atoms with Crippen LogP contribution in [0.3, 0.4) is 0 Å². The van der Waals surface area contributed by atoms with E-state index < -0.39 is 15.9 Å². The predicted molar refractivity (Wildman–Crippen MR) is 135 cm³/mol. The number of anilines is 2. The Morgan fingerprint density at radius 1 is 1.06 bits per heavy atom. The number of para-hydroxylation sites is 1. The van der Waals surface area contributed by atoms with Gasteiger partial charge in [0.15, 0.2) is 5.13 Å². The number of aryl methyl sites for hydroxylation is 1. The van der Waals surface area contributed by atoms with E-state index in [2.05, 4.69) is 15.0 Å². The molecule has 0 bridgehead atoms. The van der Waals surface area contributed by atoms with Gasteiger partial charge in [-0.3, -0.25) is 14.8 Å². The van der Waals surface area contributed by atoms with Crippen LogP contribution in [0.1, 0.15) is 15.9 Å². The summed E-state index contributed by atoms with van der Waals surface area (Å²) in [5.74, 6) is 0.298. The second kappa shape index (κ2) is 9.84. The number of aromatic nitrogens is 1. The maximum Gasteiger partial charge on any atom is 0.261 e. The molecule has 34 heavy (non-hydrogen) atoms. The number of nitrogens with zero attached hydrogens (tertiary/aromatic N) is 1. The third kappa shape index (κ3) is 5.22. The summed E-state index contributed by atoms with van der Waals surface area (Å²) >= 11 is 7.12. The first-order valence-electron chi connectivity index (χ1n) is 10.1. The zero-order valence-electron chi connectivity index (χ0n) is 18.2. The summed E-state index contributed by atoms with van der Waals surface area (Å²) in [6, 6.07) is 17.8. The number of rotatable bonds is 7. The van der Waals surface area contributed by atoms with Crippen LogP contribution in [0.25, 0.3) is 11.3 Å². The molecule has 4 rings (SSSR count). The van der Waals surface area contributed by atoms with E-state index >= 15 is 0 Å². The van der Waals surface area contributed by atoms with Crippen LogP contribution in [0, 0.1) is 6.92 Å². The molecule has 0 unspecified atom stereocenters. The molecule has 0 aliphatic rings. The highest BCUT2D eigenvalue weighted by atomic mass is 35.5. The third-order valence-electron chi connectivity index (χ3n) is 4.96. The van der Waals surface area contributed by atoms with E-state index in [0.29, 0.717) is 15.8 Å². The highest BCUT2D eigenvalue weighted by molar-refractivity contribution is 7.92. The van der Waals surface area contributed by atoms with Gasteiger partial charge in [0.1, 0.15) is 5.75 Å². The lowest BCUT2D eigenvalue weighted by molar-refractivity contribution is 0.102. The van der Waals surface area contributed by atoms with E-state index in [1.165, 1.54) is 47.7 Å². The van der Waals surface area contributed by atoms with Gasteiger partial charge < -0.3 is 4.74 Å². The van der Waals surface area contributed by atoms with Crippen LogP contribution in [0.4, 0.5) is 10.8 Å². The lowest BCUT2D eigenvalue weighted by atomic mass is 10.1. The normalized spacial score (nSPS) is 11.1. The fraction of sp³-hybridized carbons (Fsp3) is 0.0833. The van der Waals surface area contributed by atoms with Crippen LogP contribution in [-0.4, -0.2) is 26.4 Å². The highest BCUT2D eigenvalue weighted by Gasteiger charge is 2.19. The minimum atomic E-state index is -3.91. The molecule has 1 amide bonds. The van der Waals surface area contributed by atoms with Crippen LogP contribution >= 0.6 is 22.9 Å². The lowest BCUT2D eigenvalue weighted by Gasteiger charge is -2.12. The van der Waals surface area contributed by atoms with Gasteiger partial charge in [0.2, 0.25) is 0 Å². The molecular weight excluding hydrogens is 494 g/mol. The van der Waals surface area contributed by atoms with E-state index in [0.717, 1.165) is 16.9 Å². The SMILES string of the molecule is COc1ccc(-c2csc(NC(=O)c3ccccc3NS(=O)(=O)c3ccc(Cl)cc3)n2)cc1C. The third-order valence-corrected chi connectivity index (χ3v) is 7.35. The number of carbonyl (C=O) groups is 1. The summed E-state index contributed by atoms with van der Waals surface area (Å²) in [6.07, 6.45) is 0. The van der Waals surface area contributed by atoms with Crippen molar-refractivity contribution in [2.75, 3.05) is 17.1 Å². The number of methoxy groups -OCH3 is 1. The van der Waals surface area contributed by atoms with Gasteiger partial charge in [0.25, 0.3) is 15.9 Å². The summed E-state index contributed by atoms with van der Waals surface area (Å²) in [5.41, 5.74) is 2.89. The molecule has 3 aromatic carbocycles. The number of hydrogen-bond donors (Lipinski definition) is 2. The molecule has 174 valence electrons. The Balaban J connectivity index is 1.54. The number of halogens is 1. The molecule has 4 aromatic rings. The van der Waals surface area contributed by atoms with E-state index in [9.17, 15) is 13.2 Å². The highest BCUT2D eigenvalue weighted by Crippen LogP contribution is 2.29. The number of hydrogen-bond acceptors (Lipinski definition) is 6. The van der Waals surface area contributed by atoms with Crippen LogP contribution in [0.5, 0.6) is 5.75 Å². The van der Waals surface area contributed by atoms with Gasteiger partial charge in [-0.1, -0.05) is 23.7 Å². The number of thiazole rings is 1. The quantitative estimate of drug-likeness (QED) is 0.324. The molecule has 0 aliphatic carbocycles. The first kappa shape index (κ1) is 23.7. The van der Waals surface area contributed by atoms with Gasteiger partial charge in [0, 0.05) is 16.0 Å². The molecule has 0 aliphatic heterocycles. The fourth-order valence-electron chi connectivity index (χ4n) is 3.25. The first-order chi connectivity index (χ1) is 16.3. The second-order valence-corrected chi connectivity index (χ2v) is 10.3. The van der Waals surface area contributed by atoms with Crippen molar-refractivity contribution in [2.24, 2.45) is 0 Å². The molecule has 1 heterocycles. The average Bonchev–Trinajstić information content (AvgIpc) is 3.28. The van der Waals surface area contributed by atoms with Crippen LogP contribution in [0.15, 0.2) is 77.0 Å². The largest absolute Gasteiger partial charge is 0.496 e. The topological polar surface area (TPSA) is 97.4 Å². The Hall–Kier alpha value is -3.40. The van der Waals surface area contributed by atoms with Crippen molar-refractivity contribution in [1.82, 2.24) is 4.98 Å². The molecule has 0 saturated carbocycles. The van der Waals surface area contributed by atoms with Crippen molar-refractivity contribution in [3.05, 3.63) is 88.3 Å². The van der Waals surface area contributed by atoms with Gasteiger partial charge in [-0.05, 0) is 67.1 Å². The van der Waals surface area contributed by atoms with Crippen molar-refractivity contribution in [1.29, 1.82) is 0 Å². The Bertz CT molecular complexity index is 1450. The molecule has 10 heteroatoms. The Morgan fingerprint density at radius 3 is 2.50 bits per heavy atom. The summed E-state index contributed by atoms with van der Waals surface area (Å²) in [4.78, 5) is 17.5. The molecule has 0 saturated heterocycles. The maximum absolute atomic E-state index is 13.0. The van der Waals surface area contributed by atoms with Crippen LogP contribution in [0.2, 0.25) is 5.02 Å². The molecule has 0 spiro atoms. The number of amides is 1. The molecule has 1 aromatic heterocycles. The van der Waals surface area contributed by atoms with E-state index in [4.69, 9.17) is 16.3 Å². The standard InChI is InChI=1S/C24H20ClN3O4S2/c1-15-13-16(7-12-22(15)32-2)21-14-33-24(26-21)27-23(29)19-5-3-4-6-20(19)28-34(30,31)18-10-8-17(25)9-11-18/h3-14,28H,1-2H3,(H,26,27,29). The molecule has 0 radical (unpaired) electrons. The number of carbonyl (C=O) groups excluding carboxylic acids is 1. The minimum absolute atomic E-state index is 0.0338. The smallest absolute Gasteiger partial charge is 0.261 e. The van der Waals surface area contributed by atoms with Gasteiger partial charge in [0.05, 0.1) is 29.0 Å². The number of ether oxygens (including phenoxy) is 1. The van der Waals surface area contributed by atoms with Crippen LogP contribution in [-0.2, 0) is 10.0 Å². The molecule has 7 nitrogen and oxygen atoms in total. The maximum atomic E-state index is 13.0. The minimum Gasteiger partial charge on any atom is -0.496 e. The summed E-state index contributed by atoms with van der Waals surface area (Å²) < 4.78 is 33.3. The predicted octanol–water partition coefficient (Wildman–Crippen LogP) is 5.83. The van der Waals surface area contributed by atoms with E-state index in [1.807, 2.05) is 30.5 Å². The van der Waals surface area contributed by atoms with E-state index in [1.54, 1.807) is 19.2 Å². The number of benzene rings is 3. The Morgan fingerprint density at radius 2 is 1.79 bits per heavy atom. The first-order valence-corrected chi connectivity index (χ1v) is 12.8. The van der Waals surface area contributed by atoms with Crippen molar-refractivity contribution in [3.63, 3.8) is 0 Å². The van der Waals surface area contributed by atoms with Gasteiger partial charge in [-0.2, -0.15) is 0 Å². The summed E-state index contributed by atoms with van der Waals surface area (Å²) in [7, 11) is -2.30. The number of sulfonamides is 1. The molecule has 2 N–H and O–H groups in total. The van der Waals surface area contributed by atoms with Crippen molar-refractivity contribution in [2.45, 2.75) is 11.8 Å². The van der Waals surface area contributed by atoms with Gasteiger partial charge in [-0.15, -0.1) is 11.3 Å². The summed E-state index contributed by atoms with van der Waals surface area (Å²) in [6.45, 7) is 1.94. The van der Waals surface area contributed by atoms with Crippen molar-refractivity contribution < 1.29 is 17.9 Å². The van der Waals surface area contributed by atoms with Crippen molar-refractivity contribution in [3.8, 4) is 17.0 Å². The van der Waals surface area contributed by atoms with Gasteiger partial charge in [-0.25, -0.2) is 13.4 Å². The lowest BCUT2D eigenvalue weighted by Crippen LogP contribution is -2.18. The van der Waals surface area contributed by atoms with Crippen LogP contribution < -0.4 is 14.8 Å². The number of nitrogens with one attached hydrogen (secondary N) is 2. The molecular formula is C24H20ClN3O4S2. The Kier molecular flexibility index (Phi) is 6.87. The molecule has 0 atom stereocenters. The fourth-order valence-corrected chi connectivity index (χ4v) is 5.17. The summed E-state index contributed by atoms with van der Waals surface area (Å²) in [5, 5.41) is 5.40. The zero-order chi connectivity index (χ0) is 24.3. The average molecular weight is 514 g/mol.